The van der Waals surface area contributed by atoms with E-state index in [0.717, 1.165) is 0 Å². The first-order valence-electron chi connectivity index (χ1n) is 3.18. The smallest absolute Gasteiger partial charge is 0.477 e. The molecule has 0 rings (SSSR count). The quantitative estimate of drug-likeness (QED) is 0.292. The van der Waals surface area contributed by atoms with Gasteiger partial charge in [-0.15, -0.1) is 0 Å². The number of carboxylic acid groups (broad SMARTS) is 1. The zero-order valence-corrected chi connectivity index (χ0v) is 8.16. The van der Waals surface area contributed by atoms with Crippen molar-refractivity contribution >= 4 is 5.97 Å². The maximum absolute atomic E-state index is 10.2. The maximum Gasteiger partial charge on any atom is 1.00 e. The third-order valence-electron chi connectivity index (χ3n) is 0.838. The molecule has 0 amide bonds. The zero-order chi connectivity index (χ0) is 7.98. The van der Waals surface area contributed by atoms with Crippen LogP contribution in [-0.2, 0) is 14.3 Å². The van der Waals surface area contributed by atoms with Crippen molar-refractivity contribution in [2.75, 3.05) is 13.2 Å². The number of rotatable bonds is 5. The van der Waals surface area contributed by atoms with E-state index in [9.17, 15) is 4.79 Å². The van der Waals surface area contributed by atoms with Gasteiger partial charge in [0, 0.05) is 13.2 Å². The van der Waals surface area contributed by atoms with Crippen LogP contribution in [0, 0.1) is 7.43 Å². The Kier molecular flexibility index (Phi) is 16.4. The molecule has 0 fully saturated rings. The first-order valence-corrected chi connectivity index (χ1v) is 3.18. The molecule has 0 aliphatic carbocycles. The Hall–Kier alpha value is -0.0126. The summed E-state index contributed by atoms with van der Waals surface area (Å²) in [5, 5.41) is 8.39. The van der Waals surface area contributed by atoms with Crippen LogP contribution >= 0.6 is 0 Å². The third-order valence-corrected chi connectivity index (χ3v) is 0.838. The minimum Gasteiger partial charge on any atom is -0.477 e. The van der Waals surface area contributed by atoms with Gasteiger partial charge in [0.15, 0.2) is 0 Å². The van der Waals surface area contributed by atoms with Crippen molar-refractivity contribution in [2.45, 2.75) is 20.1 Å². The topological polar surface area (TPSA) is 55.8 Å². The molecule has 0 aliphatic rings. The number of hydrogen-bond donors (Lipinski definition) is 1. The fourth-order valence-electron chi connectivity index (χ4n) is 0.493. The molecule has 0 aromatic heterocycles. The van der Waals surface area contributed by atoms with Crippen LogP contribution < -0.4 is 18.9 Å². The van der Waals surface area contributed by atoms with Gasteiger partial charge in [-0.3, -0.25) is 0 Å². The summed E-state index contributed by atoms with van der Waals surface area (Å²) in [6, 6.07) is 0. The van der Waals surface area contributed by atoms with Gasteiger partial charge in [0.1, 0.15) is 0 Å². The first kappa shape index (κ1) is 17.9. The van der Waals surface area contributed by atoms with Crippen molar-refractivity contribution in [2.24, 2.45) is 0 Å². The van der Waals surface area contributed by atoms with E-state index in [1.54, 1.807) is 13.8 Å². The van der Waals surface area contributed by atoms with Crippen molar-refractivity contribution in [1.29, 1.82) is 0 Å². The molecule has 5 heteroatoms. The summed E-state index contributed by atoms with van der Waals surface area (Å²) >= 11 is 0. The fraction of sp³-hybridized carbons (Fsp3) is 0.714. The third kappa shape index (κ3) is 8.09. The van der Waals surface area contributed by atoms with E-state index in [-0.39, 0.29) is 26.3 Å². The number of carboxylic acids is 1. The number of carbonyl (C=O) groups is 1. The van der Waals surface area contributed by atoms with E-state index in [1.807, 2.05) is 0 Å². The molecule has 0 aromatic carbocycles. The molecule has 68 valence electrons. The SMILES string of the molecule is CCOC(OCC)C(=O)O.[CH3-].[Li+]. The molecule has 0 aliphatic heterocycles. The Balaban J connectivity index is -0.000000405. The molecular formula is C7H15LiO4. The van der Waals surface area contributed by atoms with Crippen molar-refractivity contribution in [1.82, 2.24) is 0 Å². The average molecular weight is 170 g/mol. The van der Waals surface area contributed by atoms with Gasteiger partial charge in [0.25, 0.3) is 6.29 Å². The molecule has 1 N–H and O–H groups in total. The van der Waals surface area contributed by atoms with E-state index < -0.39 is 12.3 Å². The van der Waals surface area contributed by atoms with E-state index in [0.29, 0.717) is 13.2 Å². The van der Waals surface area contributed by atoms with Gasteiger partial charge in [-0.25, -0.2) is 4.79 Å². The summed E-state index contributed by atoms with van der Waals surface area (Å²) in [6.07, 6.45) is -1.10. The molecule has 0 bridgehead atoms. The monoisotopic (exact) mass is 170 g/mol. The summed E-state index contributed by atoms with van der Waals surface area (Å²) in [5.74, 6) is -1.08. The van der Waals surface area contributed by atoms with Crippen molar-refractivity contribution < 1.29 is 38.2 Å². The van der Waals surface area contributed by atoms with Crippen molar-refractivity contribution in [3.63, 3.8) is 0 Å². The van der Waals surface area contributed by atoms with Gasteiger partial charge in [0.2, 0.25) is 0 Å². The van der Waals surface area contributed by atoms with Gasteiger partial charge in [-0.2, -0.15) is 0 Å². The van der Waals surface area contributed by atoms with Crippen LogP contribution in [0.3, 0.4) is 0 Å². The van der Waals surface area contributed by atoms with Gasteiger partial charge >= 0.3 is 24.8 Å². The molecular weight excluding hydrogens is 155 g/mol. The fourth-order valence-corrected chi connectivity index (χ4v) is 0.493. The molecule has 0 atom stereocenters. The van der Waals surface area contributed by atoms with E-state index in [2.05, 4.69) is 0 Å². The molecule has 0 heterocycles. The van der Waals surface area contributed by atoms with Crippen molar-refractivity contribution in [3.8, 4) is 0 Å². The Morgan fingerprint density at radius 1 is 1.33 bits per heavy atom. The van der Waals surface area contributed by atoms with Crippen LogP contribution in [-0.4, -0.2) is 30.6 Å². The minimum atomic E-state index is -1.10. The van der Waals surface area contributed by atoms with Crippen LogP contribution in [0.1, 0.15) is 13.8 Å². The zero-order valence-electron chi connectivity index (χ0n) is 8.16. The standard InChI is InChI=1S/C6H12O4.CH3.Li/c1-3-9-6(5(7)8)10-4-2;;/h6H,3-4H2,1-2H3,(H,7,8);1H3;/q;-1;+1. The summed E-state index contributed by atoms with van der Waals surface area (Å²) < 4.78 is 9.44. The molecule has 0 aromatic rings. The Bertz CT molecular complexity index is 102. The number of ether oxygens (including phenoxy) is 2. The van der Waals surface area contributed by atoms with Crippen LogP contribution in [0.5, 0.6) is 0 Å². The average Bonchev–Trinajstić information content (AvgIpc) is 1.87. The predicted octanol–water partition coefficient (Wildman–Crippen LogP) is -2.08. The Morgan fingerprint density at radius 3 is 1.83 bits per heavy atom. The van der Waals surface area contributed by atoms with E-state index in [1.165, 1.54) is 0 Å². The van der Waals surface area contributed by atoms with Gasteiger partial charge in [0.05, 0.1) is 0 Å². The molecule has 0 radical (unpaired) electrons. The Labute approximate surface area is 85.4 Å². The Morgan fingerprint density at radius 2 is 1.67 bits per heavy atom. The van der Waals surface area contributed by atoms with Crippen LogP contribution in [0.15, 0.2) is 0 Å². The molecule has 4 nitrogen and oxygen atoms in total. The predicted molar refractivity (Wildman–Crippen MR) is 41.1 cm³/mol. The van der Waals surface area contributed by atoms with Gasteiger partial charge < -0.3 is 22.0 Å². The molecule has 12 heavy (non-hydrogen) atoms. The van der Waals surface area contributed by atoms with Crippen LogP contribution in [0.2, 0.25) is 0 Å². The number of aliphatic carboxylic acids is 1. The second-order valence-electron chi connectivity index (χ2n) is 1.58. The largest absolute Gasteiger partial charge is 1.00 e. The molecule has 0 saturated carbocycles. The van der Waals surface area contributed by atoms with Crippen LogP contribution in [0.4, 0.5) is 0 Å². The summed E-state index contributed by atoms with van der Waals surface area (Å²) in [6.45, 7) is 4.12. The molecule has 0 unspecified atom stereocenters. The normalized spacial score (nSPS) is 8.58. The maximum atomic E-state index is 10.2. The van der Waals surface area contributed by atoms with E-state index in [4.69, 9.17) is 14.6 Å². The van der Waals surface area contributed by atoms with Gasteiger partial charge in [-0.1, -0.05) is 0 Å². The summed E-state index contributed by atoms with van der Waals surface area (Å²) in [5.41, 5.74) is 0. The minimum absolute atomic E-state index is 0. The first-order chi connectivity index (χ1) is 4.72. The van der Waals surface area contributed by atoms with Crippen molar-refractivity contribution in [3.05, 3.63) is 7.43 Å². The summed E-state index contributed by atoms with van der Waals surface area (Å²) in [4.78, 5) is 10.2. The second kappa shape index (κ2) is 11.0. The molecule has 0 spiro atoms. The summed E-state index contributed by atoms with van der Waals surface area (Å²) in [7, 11) is 0. The van der Waals surface area contributed by atoms with E-state index >= 15 is 0 Å². The number of hydrogen-bond acceptors (Lipinski definition) is 3. The second-order valence-corrected chi connectivity index (χ2v) is 1.58. The van der Waals surface area contributed by atoms with Crippen LogP contribution in [0.25, 0.3) is 0 Å². The molecule has 0 saturated heterocycles. The van der Waals surface area contributed by atoms with Gasteiger partial charge in [-0.05, 0) is 13.8 Å².